The van der Waals surface area contributed by atoms with Crippen LogP contribution in [0.5, 0.6) is 5.75 Å². The van der Waals surface area contributed by atoms with E-state index in [0.717, 1.165) is 6.20 Å². The molecule has 0 unspecified atom stereocenters. The van der Waals surface area contributed by atoms with Crippen LogP contribution in [0, 0.1) is 5.82 Å². The Morgan fingerprint density at radius 1 is 1.67 bits per heavy atom. The van der Waals surface area contributed by atoms with Gasteiger partial charge in [0.15, 0.2) is 11.6 Å². The number of nitrogens with one attached hydrogen (secondary N) is 1. The second kappa shape index (κ2) is 1.89. The average molecular weight is 129 g/mol. The van der Waals surface area contributed by atoms with Crippen molar-refractivity contribution < 1.29 is 9.50 Å². The van der Waals surface area contributed by atoms with Crippen LogP contribution in [0.15, 0.2) is 17.1 Å². The minimum atomic E-state index is -0.904. The second-order valence-electron chi connectivity index (χ2n) is 1.53. The molecule has 0 spiro atoms. The van der Waals surface area contributed by atoms with Gasteiger partial charge in [0.05, 0.1) is 0 Å². The molecule has 0 amide bonds. The summed E-state index contributed by atoms with van der Waals surface area (Å²) in [5.41, 5.74) is -0.565. The summed E-state index contributed by atoms with van der Waals surface area (Å²) in [5, 5.41) is 8.50. The predicted molar refractivity (Wildman–Crippen MR) is 28.7 cm³/mol. The summed E-state index contributed by atoms with van der Waals surface area (Å²) in [4.78, 5) is 12.3. The topological polar surface area (TPSA) is 53.1 Å². The highest BCUT2D eigenvalue weighted by Crippen LogP contribution is 2.07. The number of pyridine rings is 1. The third kappa shape index (κ3) is 1.07. The lowest BCUT2D eigenvalue weighted by Gasteiger charge is -1.88. The number of aromatic amines is 1. The van der Waals surface area contributed by atoms with Gasteiger partial charge in [0.2, 0.25) is 0 Å². The molecule has 2 N–H and O–H groups in total. The molecule has 0 atom stereocenters. The van der Waals surface area contributed by atoms with Gasteiger partial charge in [-0.15, -0.1) is 0 Å². The zero-order valence-electron chi connectivity index (χ0n) is 4.39. The van der Waals surface area contributed by atoms with Gasteiger partial charge >= 0.3 is 0 Å². The summed E-state index contributed by atoms with van der Waals surface area (Å²) in [6, 6.07) is 0.676. The Hall–Kier alpha value is -1.32. The van der Waals surface area contributed by atoms with E-state index >= 15 is 0 Å². The fraction of sp³-hybridized carbons (Fsp3) is 0. The van der Waals surface area contributed by atoms with Crippen LogP contribution in [0.4, 0.5) is 4.39 Å². The first kappa shape index (κ1) is 5.81. The first-order valence-electron chi connectivity index (χ1n) is 2.27. The molecule has 4 heteroatoms. The molecule has 0 bridgehead atoms. The van der Waals surface area contributed by atoms with Gasteiger partial charge in [-0.05, 0) is 0 Å². The molecule has 1 aromatic rings. The van der Waals surface area contributed by atoms with E-state index in [9.17, 15) is 9.18 Å². The van der Waals surface area contributed by atoms with Gasteiger partial charge in [-0.3, -0.25) is 4.79 Å². The highest BCUT2D eigenvalue weighted by Gasteiger charge is 1.96. The van der Waals surface area contributed by atoms with Crippen LogP contribution in [0.1, 0.15) is 0 Å². The Labute approximate surface area is 49.8 Å². The number of aromatic hydroxyl groups is 1. The molecule has 48 valence electrons. The van der Waals surface area contributed by atoms with E-state index in [-0.39, 0.29) is 0 Å². The third-order valence-electron chi connectivity index (χ3n) is 0.854. The summed E-state index contributed by atoms with van der Waals surface area (Å²) in [5.74, 6) is -1.45. The molecular weight excluding hydrogens is 125 g/mol. The Bertz CT molecular complexity index is 268. The molecule has 0 saturated heterocycles. The van der Waals surface area contributed by atoms with Crippen LogP contribution in [0.2, 0.25) is 0 Å². The zero-order chi connectivity index (χ0) is 6.85. The van der Waals surface area contributed by atoms with Crippen molar-refractivity contribution in [1.82, 2.24) is 4.98 Å². The lowest BCUT2D eigenvalue weighted by Crippen LogP contribution is -2.02. The van der Waals surface area contributed by atoms with Crippen LogP contribution < -0.4 is 5.56 Å². The lowest BCUT2D eigenvalue weighted by molar-refractivity contribution is 0.428. The van der Waals surface area contributed by atoms with E-state index in [1.54, 1.807) is 0 Å². The molecule has 0 aliphatic heterocycles. The molecule has 0 aliphatic carbocycles. The quantitative estimate of drug-likeness (QED) is 0.526. The van der Waals surface area contributed by atoms with Crippen molar-refractivity contribution >= 4 is 0 Å². The SMILES string of the molecule is O=c1cc(F)c(O)c[nH]1. The first-order chi connectivity index (χ1) is 4.20. The Morgan fingerprint density at radius 2 is 2.33 bits per heavy atom. The number of hydrogen-bond donors (Lipinski definition) is 2. The largest absolute Gasteiger partial charge is 0.504 e. The van der Waals surface area contributed by atoms with Crippen LogP contribution in [0.3, 0.4) is 0 Å². The minimum Gasteiger partial charge on any atom is -0.504 e. The number of halogens is 1. The summed E-state index contributed by atoms with van der Waals surface area (Å²) < 4.78 is 12.1. The van der Waals surface area contributed by atoms with E-state index in [1.807, 2.05) is 0 Å². The number of H-pyrrole nitrogens is 1. The number of rotatable bonds is 0. The van der Waals surface area contributed by atoms with Gasteiger partial charge in [-0.25, -0.2) is 4.39 Å². The smallest absolute Gasteiger partial charge is 0.251 e. The maximum atomic E-state index is 12.1. The number of aromatic nitrogens is 1. The Morgan fingerprint density at radius 3 is 2.78 bits per heavy atom. The van der Waals surface area contributed by atoms with Gasteiger partial charge in [0, 0.05) is 12.3 Å². The van der Waals surface area contributed by atoms with Crippen molar-refractivity contribution in [3.05, 3.63) is 28.4 Å². The van der Waals surface area contributed by atoms with Crippen LogP contribution >= 0.6 is 0 Å². The van der Waals surface area contributed by atoms with Crippen LogP contribution in [-0.2, 0) is 0 Å². The van der Waals surface area contributed by atoms with E-state index < -0.39 is 17.1 Å². The fourth-order valence-electron chi connectivity index (χ4n) is 0.439. The molecular formula is C5H4FNO2. The van der Waals surface area contributed by atoms with Gasteiger partial charge < -0.3 is 10.1 Å². The standard InChI is InChI=1S/C5H4FNO2/c6-3-1-5(9)7-2-4(3)8/h1-2,8H,(H,7,9). The highest BCUT2D eigenvalue weighted by molar-refractivity contribution is 5.15. The summed E-state index contributed by atoms with van der Waals surface area (Å²) in [7, 11) is 0. The molecule has 1 aromatic heterocycles. The summed E-state index contributed by atoms with van der Waals surface area (Å²) in [6.45, 7) is 0. The van der Waals surface area contributed by atoms with Crippen molar-refractivity contribution in [3.63, 3.8) is 0 Å². The molecule has 0 fully saturated rings. The maximum Gasteiger partial charge on any atom is 0.251 e. The van der Waals surface area contributed by atoms with E-state index in [0.29, 0.717) is 6.07 Å². The number of hydrogen-bond acceptors (Lipinski definition) is 2. The van der Waals surface area contributed by atoms with Crippen molar-refractivity contribution in [3.8, 4) is 5.75 Å². The Balaban J connectivity index is 3.34. The lowest BCUT2D eigenvalue weighted by atomic mass is 10.4. The average Bonchev–Trinajstić information content (AvgIpc) is 1.80. The molecule has 0 aromatic carbocycles. The molecule has 0 saturated carbocycles. The zero-order valence-corrected chi connectivity index (χ0v) is 4.39. The molecule has 3 nitrogen and oxygen atoms in total. The first-order valence-corrected chi connectivity index (χ1v) is 2.27. The summed E-state index contributed by atoms with van der Waals surface area (Å²) in [6.07, 6.45) is 0.900. The molecule has 9 heavy (non-hydrogen) atoms. The van der Waals surface area contributed by atoms with Gasteiger partial charge in [-0.2, -0.15) is 0 Å². The second-order valence-corrected chi connectivity index (χ2v) is 1.53. The predicted octanol–water partition coefficient (Wildman–Crippen LogP) is 0.220. The van der Waals surface area contributed by atoms with Crippen molar-refractivity contribution in [2.45, 2.75) is 0 Å². The van der Waals surface area contributed by atoms with E-state index in [1.165, 1.54) is 0 Å². The van der Waals surface area contributed by atoms with E-state index in [4.69, 9.17) is 5.11 Å². The minimum absolute atomic E-state index is 0.547. The normalized spacial score (nSPS) is 9.44. The monoisotopic (exact) mass is 129 g/mol. The van der Waals surface area contributed by atoms with Gasteiger partial charge in [-0.1, -0.05) is 0 Å². The maximum absolute atomic E-state index is 12.1. The van der Waals surface area contributed by atoms with Crippen molar-refractivity contribution in [1.29, 1.82) is 0 Å². The van der Waals surface area contributed by atoms with Crippen LogP contribution in [-0.4, -0.2) is 10.1 Å². The third-order valence-corrected chi connectivity index (χ3v) is 0.854. The summed E-state index contributed by atoms with van der Waals surface area (Å²) >= 11 is 0. The van der Waals surface area contributed by atoms with Gasteiger partial charge in [0.25, 0.3) is 5.56 Å². The van der Waals surface area contributed by atoms with Crippen LogP contribution in [0.25, 0.3) is 0 Å². The van der Waals surface area contributed by atoms with E-state index in [2.05, 4.69) is 4.98 Å². The molecule has 0 radical (unpaired) electrons. The Kier molecular flexibility index (Phi) is 1.22. The molecule has 1 rings (SSSR count). The highest BCUT2D eigenvalue weighted by atomic mass is 19.1. The fourth-order valence-corrected chi connectivity index (χ4v) is 0.439. The van der Waals surface area contributed by atoms with Crippen molar-refractivity contribution in [2.24, 2.45) is 0 Å². The van der Waals surface area contributed by atoms with Gasteiger partial charge in [0.1, 0.15) is 0 Å². The molecule has 0 aliphatic rings. The molecule has 1 heterocycles. The van der Waals surface area contributed by atoms with Crippen molar-refractivity contribution in [2.75, 3.05) is 0 Å².